The average molecular weight is 289 g/mol. The normalized spacial score (nSPS) is 56.7. The lowest BCUT2D eigenvalue weighted by molar-refractivity contribution is -0.172. The number of carbonyl (C=O) groups excluding carboxylic acids is 1. The number of amides is 1. The van der Waals surface area contributed by atoms with Crippen molar-refractivity contribution in [2.24, 2.45) is 28.6 Å². The second-order valence-electron chi connectivity index (χ2n) is 9.69. The molecule has 1 amide bonds. The number of rotatable bonds is 2. The number of piperidine rings is 1. The van der Waals surface area contributed by atoms with Gasteiger partial charge in [-0.15, -0.1) is 0 Å². The smallest absolute Gasteiger partial charge is 0.223 e. The zero-order valence-corrected chi connectivity index (χ0v) is 13.1. The summed E-state index contributed by atoms with van der Waals surface area (Å²) in [6, 6.07) is 0. The lowest BCUT2D eigenvalue weighted by Crippen LogP contribution is -2.56. The Morgan fingerprint density at radius 1 is 1.19 bits per heavy atom. The molecule has 1 N–H and O–H groups in total. The first kappa shape index (κ1) is 12.9. The Balaban J connectivity index is 1.33. The van der Waals surface area contributed by atoms with E-state index in [0.29, 0.717) is 29.6 Å². The summed E-state index contributed by atoms with van der Waals surface area (Å²) in [6.45, 7) is 4.32. The highest BCUT2D eigenvalue weighted by atomic mass is 16.3. The maximum atomic E-state index is 12.8. The molecule has 6 fully saturated rings. The van der Waals surface area contributed by atoms with Gasteiger partial charge in [0.1, 0.15) is 0 Å². The molecule has 0 aromatic rings. The summed E-state index contributed by atoms with van der Waals surface area (Å²) in [5.41, 5.74) is 0.169. The van der Waals surface area contributed by atoms with Crippen LogP contribution in [0.4, 0.5) is 0 Å². The van der Waals surface area contributed by atoms with Crippen LogP contribution in [0.3, 0.4) is 0 Å². The molecule has 5 aliphatic carbocycles. The minimum absolute atomic E-state index is 0.142. The Morgan fingerprint density at radius 2 is 1.90 bits per heavy atom. The van der Waals surface area contributed by atoms with Crippen LogP contribution in [-0.4, -0.2) is 34.6 Å². The maximum absolute atomic E-state index is 12.8. The fourth-order valence-corrected chi connectivity index (χ4v) is 6.98. The Bertz CT molecular complexity index is 501. The summed E-state index contributed by atoms with van der Waals surface area (Å²) >= 11 is 0. The molecule has 0 aromatic carbocycles. The second-order valence-corrected chi connectivity index (χ2v) is 9.69. The van der Waals surface area contributed by atoms with E-state index in [1.165, 1.54) is 25.7 Å². The zero-order valence-electron chi connectivity index (χ0n) is 13.1. The average Bonchev–Trinajstić information content (AvgIpc) is 2.83. The van der Waals surface area contributed by atoms with E-state index in [1.54, 1.807) is 0 Å². The van der Waals surface area contributed by atoms with E-state index >= 15 is 0 Å². The van der Waals surface area contributed by atoms with Crippen LogP contribution in [0.1, 0.15) is 58.3 Å². The van der Waals surface area contributed by atoms with Gasteiger partial charge in [-0.25, -0.2) is 0 Å². The third-order valence-corrected chi connectivity index (χ3v) is 7.56. The number of aliphatic hydroxyl groups is 1. The van der Waals surface area contributed by atoms with E-state index in [1.807, 2.05) is 0 Å². The summed E-state index contributed by atoms with van der Waals surface area (Å²) in [4.78, 5) is 14.9. The van der Waals surface area contributed by atoms with Crippen LogP contribution in [0.15, 0.2) is 0 Å². The second kappa shape index (κ2) is 3.67. The van der Waals surface area contributed by atoms with Crippen molar-refractivity contribution < 1.29 is 9.90 Å². The van der Waals surface area contributed by atoms with E-state index < -0.39 is 5.60 Å². The van der Waals surface area contributed by atoms with Gasteiger partial charge in [-0.05, 0) is 73.5 Å². The molecule has 3 heteroatoms. The molecule has 3 nitrogen and oxygen atoms in total. The summed E-state index contributed by atoms with van der Waals surface area (Å²) in [6.07, 6.45) is 8.65. The fourth-order valence-electron chi connectivity index (χ4n) is 6.98. The van der Waals surface area contributed by atoms with Crippen molar-refractivity contribution in [2.45, 2.75) is 63.9 Å². The Kier molecular flexibility index (Phi) is 2.26. The van der Waals surface area contributed by atoms with Crippen molar-refractivity contribution in [1.29, 1.82) is 0 Å². The highest BCUT2D eigenvalue weighted by Crippen LogP contribution is 2.63. The van der Waals surface area contributed by atoms with E-state index in [4.69, 9.17) is 0 Å². The molecular weight excluding hydrogens is 262 g/mol. The first-order chi connectivity index (χ1) is 9.87. The van der Waals surface area contributed by atoms with Gasteiger partial charge in [0.15, 0.2) is 0 Å². The molecule has 5 saturated carbocycles. The van der Waals surface area contributed by atoms with Crippen LogP contribution in [0, 0.1) is 28.6 Å². The van der Waals surface area contributed by atoms with Crippen molar-refractivity contribution in [3.05, 3.63) is 0 Å². The Hall–Kier alpha value is -0.570. The lowest BCUT2D eigenvalue weighted by Gasteiger charge is -2.60. The molecule has 4 bridgehead atoms. The number of hydrogen-bond acceptors (Lipinski definition) is 2. The molecule has 1 aliphatic heterocycles. The summed E-state index contributed by atoms with van der Waals surface area (Å²) in [5.74, 6) is 2.54. The van der Waals surface area contributed by atoms with Gasteiger partial charge in [0.05, 0.1) is 5.60 Å². The highest BCUT2D eigenvalue weighted by molar-refractivity contribution is 5.77. The largest absolute Gasteiger partial charge is 0.390 e. The van der Waals surface area contributed by atoms with E-state index in [0.717, 1.165) is 38.3 Å². The number of hydrogen-bond donors (Lipinski definition) is 1. The van der Waals surface area contributed by atoms with Crippen LogP contribution in [0.25, 0.3) is 0 Å². The molecule has 0 spiro atoms. The van der Waals surface area contributed by atoms with E-state index in [-0.39, 0.29) is 5.41 Å². The molecule has 1 saturated heterocycles. The molecule has 6 rings (SSSR count). The summed E-state index contributed by atoms with van der Waals surface area (Å²) in [7, 11) is 0. The van der Waals surface area contributed by atoms with Gasteiger partial charge in [0, 0.05) is 19.5 Å². The van der Waals surface area contributed by atoms with Gasteiger partial charge in [-0.2, -0.15) is 0 Å². The summed E-state index contributed by atoms with van der Waals surface area (Å²) < 4.78 is 0. The monoisotopic (exact) mass is 289 g/mol. The predicted octanol–water partition coefficient (Wildman–Crippen LogP) is 2.58. The number of likely N-dealkylation sites (tertiary alicyclic amines) is 1. The van der Waals surface area contributed by atoms with Crippen molar-refractivity contribution in [1.82, 2.24) is 4.90 Å². The highest BCUT2D eigenvalue weighted by Gasteiger charge is 2.60. The van der Waals surface area contributed by atoms with Crippen LogP contribution in [0.5, 0.6) is 0 Å². The Morgan fingerprint density at radius 3 is 2.48 bits per heavy atom. The van der Waals surface area contributed by atoms with Crippen molar-refractivity contribution in [2.75, 3.05) is 13.1 Å². The minimum Gasteiger partial charge on any atom is -0.390 e. The predicted molar refractivity (Wildman–Crippen MR) is 79.5 cm³/mol. The van der Waals surface area contributed by atoms with Crippen LogP contribution >= 0.6 is 0 Å². The standard InChI is InChI=1S/C18H27NO2/c1-16-7-14(16)9-19(11-16)15(20)8-17-3-12-2-13(4-17)6-18(21,5-12)10-17/h12-14,21H,2-11H2,1H3. The molecule has 0 aromatic heterocycles. The van der Waals surface area contributed by atoms with Gasteiger partial charge < -0.3 is 10.0 Å². The number of carbonyl (C=O) groups is 1. The molecule has 4 unspecified atom stereocenters. The topological polar surface area (TPSA) is 40.5 Å². The third-order valence-electron chi connectivity index (χ3n) is 7.56. The quantitative estimate of drug-likeness (QED) is 0.849. The SMILES string of the molecule is CC12CC1CN(C(=O)CC13CC4CC(CC(O)(C4)C1)C3)C2. The van der Waals surface area contributed by atoms with Gasteiger partial charge in [-0.1, -0.05) is 6.92 Å². The molecule has 1 heterocycles. The summed E-state index contributed by atoms with van der Waals surface area (Å²) in [5, 5.41) is 10.8. The Labute approximate surface area is 127 Å². The molecule has 116 valence electrons. The fraction of sp³-hybridized carbons (Fsp3) is 0.944. The van der Waals surface area contributed by atoms with E-state index in [2.05, 4.69) is 11.8 Å². The van der Waals surface area contributed by atoms with Crippen molar-refractivity contribution in [3.8, 4) is 0 Å². The van der Waals surface area contributed by atoms with Gasteiger partial charge in [-0.3, -0.25) is 4.79 Å². The first-order valence-electron chi connectivity index (χ1n) is 8.87. The van der Waals surface area contributed by atoms with E-state index in [9.17, 15) is 9.90 Å². The van der Waals surface area contributed by atoms with Gasteiger partial charge in [0.25, 0.3) is 0 Å². The maximum Gasteiger partial charge on any atom is 0.223 e. The van der Waals surface area contributed by atoms with Gasteiger partial charge >= 0.3 is 0 Å². The zero-order chi connectivity index (χ0) is 14.5. The molecule has 4 atom stereocenters. The lowest BCUT2D eigenvalue weighted by atomic mass is 9.47. The first-order valence-corrected chi connectivity index (χ1v) is 8.87. The van der Waals surface area contributed by atoms with Crippen LogP contribution < -0.4 is 0 Å². The van der Waals surface area contributed by atoms with Crippen LogP contribution in [-0.2, 0) is 4.79 Å². The third kappa shape index (κ3) is 1.85. The van der Waals surface area contributed by atoms with Crippen molar-refractivity contribution in [3.63, 3.8) is 0 Å². The molecular formula is C18H27NO2. The van der Waals surface area contributed by atoms with Gasteiger partial charge in [0.2, 0.25) is 5.91 Å². The molecule has 6 aliphatic rings. The van der Waals surface area contributed by atoms with Crippen LogP contribution in [0.2, 0.25) is 0 Å². The minimum atomic E-state index is -0.427. The number of nitrogens with zero attached hydrogens (tertiary/aromatic N) is 1. The molecule has 0 radical (unpaired) electrons. The number of fused-ring (bicyclic) bond motifs is 1. The van der Waals surface area contributed by atoms with Crippen molar-refractivity contribution >= 4 is 5.91 Å². The molecule has 21 heavy (non-hydrogen) atoms.